The number of para-hydroxylation sites is 1. The Balaban J connectivity index is 1.65. The van der Waals surface area contributed by atoms with Crippen LogP contribution in [0.15, 0.2) is 78.9 Å². The van der Waals surface area contributed by atoms with Crippen LogP contribution in [-0.2, 0) is 33.8 Å². The van der Waals surface area contributed by atoms with Gasteiger partial charge in [0, 0.05) is 24.2 Å². The molecule has 4 rings (SSSR count). The molecule has 3 aromatic carbocycles. The maximum absolute atomic E-state index is 13.8. The number of carbonyl (C=O) groups excluding carboxylic acids is 2. The van der Waals surface area contributed by atoms with Crippen LogP contribution in [-0.4, -0.2) is 39.7 Å². The van der Waals surface area contributed by atoms with Gasteiger partial charge in [0.25, 0.3) is 0 Å². The largest absolute Gasteiger partial charge is 0.480 e. The van der Waals surface area contributed by atoms with E-state index in [1.807, 2.05) is 30.3 Å². The Morgan fingerprint density at radius 3 is 2.23 bits per heavy atom. The van der Waals surface area contributed by atoms with Gasteiger partial charge in [0.15, 0.2) is 0 Å². The summed E-state index contributed by atoms with van der Waals surface area (Å²) in [6.45, 7) is 0.115. The summed E-state index contributed by atoms with van der Waals surface area (Å²) < 4.78 is 0. The first-order chi connectivity index (χ1) is 16.8. The number of benzene rings is 3. The summed E-state index contributed by atoms with van der Waals surface area (Å²) in [5.41, 5.74) is 9.05. The number of carbonyl (C=O) groups is 3. The average Bonchev–Trinajstić information content (AvgIpc) is 2.86. The molecule has 0 spiro atoms. The zero-order valence-corrected chi connectivity index (χ0v) is 19.0. The van der Waals surface area contributed by atoms with Gasteiger partial charge in [-0.1, -0.05) is 66.7 Å². The van der Waals surface area contributed by atoms with Crippen LogP contribution in [0.5, 0.6) is 0 Å². The lowest BCUT2D eigenvalue weighted by atomic mass is 9.90. The summed E-state index contributed by atoms with van der Waals surface area (Å²) in [6, 6.07) is 21.9. The number of amides is 2. The zero-order valence-electron chi connectivity index (χ0n) is 19.0. The van der Waals surface area contributed by atoms with E-state index < -0.39 is 29.7 Å². The Morgan fingerprint density at radius 2 is 1.60 bits per heavy atom. The zero-order chi connectivity index (χ0) is 24.9. The fourth-order valence-corrected chi connectivity index (χ4v) is 4.27. The molecule has 0 radical (unpaired) electrons. The number of aliphatic carboxylic acids is 1. The smallest absolute Gasteiger partial charge is 0.326 e. The van der Waals surface area contributed by atoms with Crippen molar-refractivity contribution in [3.05, 3.63) is 101 Å². The number of hydrogen-bond acceptors (Lipinski definition) is 4. The van der Waals surface area contributed by atoms with Crippen molar-refractivity contribution >= 4 is 29.3 Å². The third-order valence-electron chi connectivity index (χ3n) is 6.18. The number of nitrogens with two attached hydrogens (primary N) is 1. The molecule has 0 bridgehead atoms. The maximum Gasteiger partial charge on any atom is 0.326 e. The second-order valence-electron chi connectivity index (χ2n) is 8.52. The lowest BCUT2D eigenvalue weighted by Gasteiger charge is -2.36. The van der Waals surface area contributed by atoms with Crippen LogP contribution in [0.1, 0.15) is 22.3 Å². The summed E-state index contributed by atoms with van der Waals surface area (Å²) in [4.78, 5) is 40.5. The van der Waals surface area contributed by atoms with Crippen LogP contribution in [0, 0.1) is 11.3 Å². The van der Waals surface area contributed by atoms with E-state index in [1.165, 1.54) is 4.90 Å². The predicted molar refractivity (Wildman–Crippen MR) is 132 cm³/mol. The number of anilines is 1. The molecule has 1 heterocycles. The van der Waals surface area contributed by atoms with Crippen LogP contribution in [0.4, 0.5) is 5.69 Å². The normalized spacial score (nSPS) is 15.5. The minimum Gasteiger partial charge on any atom is -0.480 e. The maximum atomic E-state index is 13.8. The lowest BCUT2D eigenvalue weighted by Crippen LogP contribution is -2.52. The Bertz CT molecular complexity index is 1260. The molecule has 0 aromatic heterocycles. The average molecular weight is 471 g/mol. The van der Waals surface area contributed by atoms with Gasteiger partial charge in [0.2, 0.25) is 11.8 Å². The number of rotatable bonds is 7. The standard InChI is InChI=1S/C27H26N4O4/c28-24(29)18-12-10-17(11-13-18)14-22(25(32)30-21-8-2-1-3-9-21)26(33)31-16-20-7-5-4-6-19(20)15-23(31)27(34)35/h1-13,22-23H,14-16H2,(H3,28,29)(H,30,32)(H,34,35)/t22-,23?/m0/s1. The molecule has 0 saturated carbocycles. The number of fused-ring (bicyclic) bond motifs is 1. The van der Waals surface area contributed by atoms with E-state index in [0.717, 1.165) is 11.1 Å². The summed E-state index contributed by atoms with van der Waals surface area (Å²) >= 11 is 0. The number of carboxylic acid groups (broad SMARTS) is 1. The lowest BCUT2D eigenvalue weighted by molar-refractivity contribution is -0.154. The van der Waals surface area contributed by atoms with Crippen molar-refractivity contribution in [2.24, 2.45) is 11.7 Å². The van der Waals surface area contributed by atoms with Gasteiger partial charge in [-0.3, -0.25) is 15.0 Å². The van der Waals surface area contributed by atoms with Crippen LogP contribution in [0.25, 0.3) is 0 Å². The van der Waals surface area contributed by atoms with Crippen molar-refractivity contribution in [3.63, 3.8) is 0 Å². The molecule has 8 heteroatoms. The molecule has 5 N–H and O–H groups in total. The molecule has 0 saturated heterocycles. The Morgan fingerprint density at radius 1 is 0.971 bits per heavy atom. The number of nitrogens with one attached hydrogen (secondary N) is 2. The third-order valence-corrected chi connectivity index (χ3v) is 6.18. The molecular formula is C27H26N4O4. The second kappa shape index (κ2) is 10.2. The van der Waals surface area contributed by atoms with E-state index in [9.17, 15) is 19.5 Å². The van der Waals surface area contributed by atoms with Gasteiger partial charge in [-0.2, -0.15) is 0 Å². The second-order valence-corrected chi connectivity index (χ2v) is 8.52. The van der Waals surface area contributed by atoms with E-state index in [1.54, 1.807) is 48.5 Å². The van der Waals surface area contributed by atoms with Crippen molar-refractivity contribution in [2.75, 3.05) is 5.32 Å². The molecule has 8 nitrogen and oxygen atoms in total. The van der Waals surface area contributed by atoms with Gasteiger partial charge in [-0.25, -0.2) is 4.79 Å². The van der Waals surface area contributed by atoms with Crippen LogP contribution < -0.4 is 11.1 Å². The quantitative estimate of drug-likeness (QED) is 0.239. The monoisotopic (exact) mass is 470 g/mol. The molecule has 2 amide bonds. The summed E-state index contributed by atoms with van der Waals surface area (Å²) in [7, 11) is 0. The highest BCUT2D eigenvalue weighted by atomic mass is 16.4. The molecule has 2 atom stereocenters. The molecule has 1 aliphatic rings. The van der Waals surface area contributed by atoms with E-state index in [0.29, 0.717) is 16.8 Å². The third kappa shape index (κ3) is 5.38. The van der Waals surface area contributed by atoms with Gasteiger partial charge in [0.1, 0.15) is 17.8 Å². The number of carboxylic acids is 1. The summed E-state index contributed by atoms with van der Waals surface area (Å²) in [5, 5.41) is 20.2. The predicted octanol–water partition coefficient (Wildman–Crippen LogP) is 2.81. The van der Waals surface area contributed by atoms with E-state index in [4.69, 9.17) is 11.1 Å². The molecule has 1 unspecified atom stereocenters. The number of nitrogen functional groups attached to an aromatic ring is 1. The van der Waals surface area contributed by atoms with Gasteiger partial charge in [0.05, 0.1) is 0 Å². The van der Waals surface area contributed by atoms with Crippen LogP contribution >= 0.6 is 0 Å². The Labute approximate surface area is 202 Å². The van der Waals surface area contributed by atoms with Crippen molar-refractivity contribution in [1.29, 1.82) is 5.41 Å². The summed E-state index contributed by atoms with van der Waals surface area (Å²) in [6.07, 6.45) is 0.248. The van der Waals surface area contributed by atoms with Crippen molar-refractivity contribution in [1.82, 2.24) is 4.90 Å². The summed E-state index contributed by atoms with van der Waals surface area (Å²) in [5.74, 6) is -3.40. The molecule has 0 aliphatic carbocycles. The molecule has 1 aliphatic heterocycles. The first-order valence-corrected chi connectivity index (χ1v) is 11.2. The van der Waals surface area contributed by atoms with Crippen LogP contribution in [0.2, 0.25) is 0 Å². The number of nitrogens with zero attached hydrogens (tertiary/aromatic N) is 1. The fraction of sp³-hybridized carbons (Fsp3) is 0.185. The molecular weight excluding hydrogens is 444 g/mol. The highest BCUT2D eigenvalue weighted by molar-refractivity contribution is 6.07. The van der Waals surface area contributed by atoms with Gasteiger partial charge in [-0.15, -0.1) is 0 Å². The highest BCUT2D eigenvalue weighted by Crippen LogP contribution is 2.27. The molecule has 0 fully saturated rings. The van der Waals surface area contributed by atoms with E-state index in [-0.39, 0.29) is 25.2 Å². The first kappa shape index (κ1) is 23.7. The number of hydrogen-bond donors (Lipinski definition) is 4. The van der Waals surface area contributed by atoms with Crippen molar-refractivity contribution in [3.8, 4) is 0 Å². The molecule has 178 valence electrons. The fourth-order valence-electron chi connectivity index (χ4n) is 4.27. The van der Waals surface area contributed by atoms with Gasteiger partial charge in [-0.05, 0) is 35.2 Å². The highest BCUT2D eigenvalue weighted by Gasteiger charge is 2.39. The Kier molecular flexibility index (Phi) is 6.91. The van der Waals surface area contributed by atoms with Gasteiger partial charge < -0.3 is 21.1 Å². The topological polar surface area (TPSA) is 137 Å². The molecule has 3 aromatic rings. The minimum absolute atomic E-state index is 0.0696. The Hall–Kier alpha value is -4.46. The van der Waals surface area contributed by atoms with E-state index >= 15 is 0 Å². The van der Waals surface area contributed by atoms with Crippen LogP contribution in [0.3, 0.4) is 0 Å². The van der Waals surface area contributed by atoms with Crippen molar-refractivity contribution in [2.45, 2.75) is 25.4 Å². The first-order valence-electron chi connectivity index (χ1n) is 11.2. The van der Waals surface area contributed by atoms with E-state index in [2.05, 4.69) is 5.32 Å². The minimum atomic E-state index is -1.15. The van der Waals surface area contributed by atoms with Gasteiger partial charge >= 0.3 is 5.97 Å². The molecule has 35 heavy (non-hydrogen) atoms. The SMILES string of the molecule is N=C(N)c1ccc(C[C@@H](C(=O)Nc2ccccc2)C(=O)N2Cc3ccccc3CC2C(=O)O)cc1. The van der Waals surface area contributed by atoms with Crippen molar-refractivity contribution < 1.29 is 19.5 Å². The number of amidine groups is 1.